The second kappa shape index (κ2) is 12.5. The highest BCUT2D eigenvalue weighted by Crippen LogP contribution is 2.17. The van der Waals surface area contributed by atoms with Gasteiger partial charge in [0.25, 0.3) is 0 Å². The topological polar surface area (TPSA) is 53.6 Å². The van der Waals surface area contributed by atoms with E-state index in [0.29, 0.717) is 25.6 Å². The zero-order valence-corrected chi connectivity index (χ0v) is 19.1. The van der Waals surface area contributed by atoms with Crippen LogP contribution in [0.3, 0.4) is 0 Å². The molecule has 2 N–H and O–H groups in total. The van der Waals surface area contributed by atoms with Gasteiger partial charge in [-0.05, 0) is 60.7 Å². The fraction of sp³-hybridized carbons (Fsp3) is 0.458. The molecule has 1 atom stereocenters. The summed E-state index contributed by atoms with van der Waals surface area (Å²) >= 11 is 0. The van der Waals surface area contributed by atoms with Gasteiger partial charge < -0.3 is 20.3 Å². The molecule has 0 saturated carbocycles. The number of halogens is 2. The van der Waals surface area contributed by atoms with Crippen molar-refractivity contribution < 1.29 is 13.9 Å². The summed E-state index contributed by atoms with van der Waals surface area (Å²) < 4.78 is 19.0. The number of rotatable bonds is 8. The highest BCUT2D eigenvalue weighted by molar-refractivity contribution is 5.85. The molecule has 0 aromatic heterocycles. The Hall–Kier alpha value is -2.31. The van der Waals surface area contributed by atoms with E-state index >= 15 is 0 Å². The number of nitrogens with zero attached hydrogens (tertiary/aromatic N) is 1. The zero-order chi connectivity index (χ0) is 21.3. The molecule has 1 aliphatic rings. The Morgan fingerprint density at radius 1 is 1.16 bits per heavy atom. The summed E-state index contributed by atoms with van der Waals surface area (Å²) in [5.41, 5.74) is 1.94. The van der Waals surface area contributed by atoms with Crippen LogP contribution >= 0.6 is 12.4 Å². The lowest BCUT2D eigenvalue weighted by Gasteiger charge is -2.35. The van der Waals surface area contributed by atoms with Crippen LogP contribution in [0.15, 0.2) is 48.5 Å². The fourth-order valence-corrected chi connectivity index (χ4v) is 3.50. The van der Waals surface area contributed by atoms with Crippen LogP contribution in [0.2, 0.25) is 0 Å². The summed E-state index contributed by atoms with van der Waals surface area (Å²) in [6.07, 6.45) is 2.00. The Labute approximate surface area is 190 Å². The second-order valence-electron chi connectivity index (χ2n) is 8.26. The molecule has 31 heavy (non-hydrogen) atoms. The van der Waals surface area contributed by atoms with Crippen molar-refractivity contribution in [3.05, 3.63) is 65.5 Å². The Morgan fingerprint density at radius 3 is 2.45 bits per heavy atom. The van der Waals surface area contributed by atoms with Crippen molar-refractivity contribution in [2.24, 2.45) is 5.92 Å². The average Bonchev–Trinajstić information content (AvgIpc) is 2.77. The molecule has 0 bridgehead atoms. The van der Waals surface area contributed by atoms with E-state index in [2.05, 4.69) is 24.5 Å². The minimum Gasteiger partial charge on any atom is -0.493 e. The third-order valence-electron chi connectivity index (χ3n) is 5.19. The van der Waals surface area contributed by atoms with E-state index in [9.17, 15) is 9.18 Å². The summed E-state index contributed by atoms with van der Waals surface area (Å²) in [4.78, 5) is 14.9. The Morgan fingerprint density at radius 2 is 1.84 bits per heavy atom. The normalized spacial score (nSPS) is 15.8. The predicted molar refractivity (Wildman–Crippen MR) is 124 cm³/mol. The lowest BCUT2D eigenvalue weighted by molar-refractivity contribution is 0.156. The third kappa shape index (κ3) is 8.04. The molecule has 1 heterocycles. The third-order valence-corrected chi connectivity index (χ3v) is 5.19. The maximum Gasteiger partial charge on any atom is 0.318 e. The van der Waals surface area contributed by atoms with Crippen LogP contribution in [-0.2, 0) is 13.1 Å². The van der Waals surface area contributed by atoms with Gasteiger partial charge in [-0.25, -0.2) is 9.18 Å². The molecular weight excluding hydrogens is 417 g/mol. The first-order chi connectivity index (χ1) is 14.5. The van der Waals surface area contributed by atoms with Crippen molar-refractivity contribution in [3.8, 4) is 5.75 Å². The van der Waals surface area contributed by atoms with Gasteiger partial charge in [0, 0.05) is 25.7 Å². The lowest BCUT2D eigenvalue weighted by atomic mass is 10.1. The molecule has 1 fully saturated rings. The van der Waals surface area contributed by atoms with Gasteiger partial charge in [-0.2, -0.15) is 0 Å². The highest BCUT2D eigenvalue weighted by atomic mass is 35.5. The van der Waals surface area contributed by atoms with Crippen LogP contribution in [0.5, 0.6) is 5.75 Å². The predicted octanol–water partition coefficient (Wildman–Crippen LogP) is 4.75. The standard InChI is InChI=1S/C24H32FN3O2.ClH/c1-18(2)17-30-23-11-7-19(8-12-23)14-27-24(29)28(22-4-3-13-26-15-22)16-20-5-9-21(25)10-6-20;/h5-12,18,22,26H,3-4,13-17H2,1-2H3,(H,27,29);1H/t22-;/m1./s1. The molecule has 2 aromatic rings. The summed E-state index contributed by atoms with van der Waals surface area (Å²) in [7, 11) is 0. The number of carbonyl (C=O) groups is 1. The molecule has 0 aliphatic carbocycles. The molecule has 0 radical (unpaired) electrons. The number of amides is 2. The first kappa shape index (κ1) is 25.0. The summed E-state index contributed by atoms with van der Waals surface area (Å²) in [6, 6.07) is 14.2. The highest BCUT2D eigenvalue weighted by Gasteiger charge is 2.25. The van der Waals surface area contributed by atoms with Gasteiger partial charge in [-0.1, -0.05) is 38.1 Å². The number of benzene rings is 2. The van der Waals surface area contributed by atoms with E-state index in [1.165, 1.54) is 12.1 Å². The van der Waals surface area contributed by atoms with Gasteiger partial charge in [-0.15, -0.1) is 12.4 Å². The second-order valence-corrected chi connectivity index (χ2v) is 8.26. The van der Waals surface area contributed by atoms with Crippen LogP contribution < -0.4 is 15.4 Å². The van der Waals surface area contributed by atoms with Crippen molar-refractivity contribution in [1.82, 2.24) is 15.5 Å². The number of nitrogens with one attached hydrogen (secondary N) is 2. The fourth-order valence-electron chi connectivity index (χ4n) is 3.50. The minimum atomic E-state index is -0.269. The van der Waals surface area contributed by atoms with Crippen molar-refractivity contribution >= 4 is 18.4 Å². The number of urea groups is 1. The van der Waals surface area contributed by atoms with Crippen LogP contribution in [0.1, 0.15) is 37.8 Å². The monoisotopic (exact) mass is 449 g/mol. The van der Waals surface area contributed by atoms with Gasteiger partial charge in [-0.3, -0.25) is 0 Å². The van der Waals surface area contributed by atoms with Crippen molar-refractivity contribution in [2.75, 3.05) is 19.7 Å². The van der Waals surface area contributed by atoms with Crippen LogP contribution in [0.4, 0.5) is 9.18 Å². The maximum absolute atomic E-state index is 13.3. The Kier molecular flexibility index (Phi) is 10.1. The van der Waals surface area contributed by atoms with Gasteiger partial charge >= 0.3 is 6.03 Å². The van der Waals surface area contributed by atoms with Crippen molar-refractivity contribution in [2.45, 2.75) is 45.8 Å². The van der Waals surface area contributed by atoms with E-state index in [0.717, 1.165) is 42.8 Å². The van der Waals surface area contributed by atoms with Crippen LogP contribution in [0.25, 0.3) is 0 Å². The molecule has 2 amide bonds. The Balaban J connectivity index is 0.00000341. The van der Waals surface area contributed by atoms with Crippen LogP contribution in [-0.4, -0.2) is 36.7 Å². The summed E-state index contributed by atoms with van der Waals surface area (Å²) in [5.74, 6) is 1.05. The van der Waals surface area contributed by atoms with Crippen molar-refractivity contribution in [1.29, 1.82) is 0 Å². The quantitative estimate of drug-likeness (QED) is 0.611. The largest absolute Gasteiger partial charge is 0.493 e. The van der Waals surface area contributed by atoms with E-state index < -0.39 is 0 Å². The number of carbonyl (C=O) groups excluding carboxylic acids is 1. The van der Waals surface area contributed by atoms with Gasteiger partial charge in [0.15, 0.2) is 0 Å². The first-order valence-corrected chi connectivity index (χ1v) is 10.7. The number of hydrogen-bond acceptors (Lipinski definition) is 3. The number of ether oxygens (including phenoxy) is 1. The van der Waals surface area contributed by atoms with Gasteiger partial charge in [0.2, 0.25) is 0 Å². The average molecular weight is 450 g/mol. The number of hydrogen-bond donors (Lipinski definition) is 2. The SMILES string of the molecule is CC(C)COc1ccc(CNC(=O)N(Cc2ccc(F)cc2)[C@@H]2CCCNC2)cc1.Cl. The summed E-state index contributed by atoms with van der Waals surface area (Å²) in [5, 5.41) is 6.41. The number of piperidine rings is 1. The minimum absolute atomic E-state index is 0. The molecule has 5 nitrogen and oxygen atoms in total. The molecule has 2 aromatic carbocycles. The zero-order valence-electron chi connectivity index (χ0n) is 18.3. The summed E-state index contributed by atoms with van der Waals surface area (Å²) in [6.45, 7) is 7.57. The molecule has 1 aliphatic heterocycles. The molecule has 3 rings (SSSR count). The van der Waals surface area contributed by atoms with E-state index in [1.807, 2.05) is 29.2 Å². The first-order valence-electron chi connectivity index (χ1n) is 10.7. The van der Waals surface area contributed by atoms with Crippen molar-refractivity contribution in [3.63, 3.8) is 0 Å². The lowest BCUT2D eigenvalue weighted by Crippen LogP contribution is -2.51. The van der Waals surface area contributed by atoms with E-state index in [4.69, 9.17) is 4.74 Å². The van der Waals surface area contributed by atoms with Gasteiger partial charge in [0.05, 0.1) is 6.61 Å². The molecule has 0 spiro atoms. The van der Waals surface area contributed by atoms with Gasteiger partial charge in [0.1, 0.15) is 11.6 Å². The van der Waals surface area contributed by atoms with Crippen LogP contribution in [0, 0.1) is 11.7 Å². The smallest absolute Gasteiger partial charge is 0.318 e. The van der Waals surface area contributed by atoms with E-state index in [1.54, 1.807) is 12.1 Å². The molecular formula is C24H33ClFN3O2. The molecule has 170 valence electrons. The Bertz CT molecular complexity index is 793. The molecule has 1 saturated heterocycles. The van der Waals surface area contributed by atoms with E-state index in [-0.39, 0.29) is 30.3 Å². The maximum atomic E-state index is 13.3. The molecule has 7 heteroatoms. The molecule has 0 unspecified atom stereocenters.